The van der Waals surface area contributed by atoms with Crippen molar-refractivity contribution in [2.75, 3.05) is 11.9 Å². The number of carboxylic acids is 2. The van der Waals surface area contributed by atoms with Crippen LogP contribution in [-0.2, 0) is 24.1 Å². The van der Waals surface area contributed by atoms with Crippen molar-refractivity contribution in [1.29, 1.82) is 0 Å². The average Bonchev–Trinajstić information content (AvgIpc) is 2.88. The molecular weight excluding hydrogens is 538 g/mol. The van der Waals surface area contributed by atoms with Crippen LogP contribution in [-0.4, -0.2) is 63.3 Å². The number of aliphatic carboxylic acids is 2. The molecule has 1 aromatic carbocycles. The van der Waals surface area contributed by atoms with Crippen molar-refractivity contribution in [2.24, 2.45) is 0 Å². The molecule has 11 heteroatoms. The number of fused-ring (bicyclic) bond motifs is 1. The molecular formula is C29H42ClN3O7. The lowest BCUT2D eigenvalue weighted by Crippen LogP contribution is -2.53. The van der Waals surface area contributed by atoms with Crippen molar-refractivity contribution >= 4 is 40.1 Å². The molecule has 1 aromatic heterocycles. The zero-order chi connectivity index (χ0) is 29.3. The average molecular weight is 580 g/mol. The van der Waals surface area contributed by atoms with E-state index >= 15 is 0 Å². The van der Waals surface area contributed by atoms with E-state index in [0.717, 1.165) is 61.1 Å². The zero-order valence-electron chi connectivity index (χ0n) is 23.7. The van der Waals surface area contributed by atoms with Gasteiger partial charge < -0.3 is 25.6 Å². The van der Waals surface area contributed by atoms with Gasteiger partial charge in [0.1, 0.15) is 5.60 Å². The molecule has 0 amide bonds. The van der Waals surface area contributed by atoms with E-state index in [4.69, 9.17) is 45.9 Å². The molecule has 2 saturated carbocycles. The number of nitrogens with zero attached hydrogens (tertiary/aromatic N) is 1. The van der Waals surface area contributed by atoms with E-state index in [9.17, 15) is 0 Å². The lowest BCUT2D eigenvalue weighted by molar-refractivity contribution is -0.511. The van der Waals surface area contributed by atoms with Crippen molar-refractivity contribution < 1.29 is 34.3 Å². The van der Waals surface area contributed by atoms with Gasteiger partial charge in [-0.15, -0.1) is 0 Å². The van der Waals surface area contributed by atoms with E-state index in [-0.39, 0.29) is 5.60 Å². The van der Waals surface area contributed by atoms with Crippen LogP contribution in [0.15, 0.2) is 30.5 Å². The number of carboxylic acid groups (broad SMARTS) is 2. The fourth-order valence-electron chi connectivity index (χ4n) is 5.20. The molecule has 4 N–H and O–H groups in total. The van der Waals surface area contributed by atoms with Gasteiger partial charge in [0.25, 0.3) is 11.9 Å². The smallest absolute Gasteiger partial charge is 0.300 e. The Hall–Kier alpha value is -2.50. The second-order valence-corrected chi connectivity index (χ2v) is 11.8. The first-order valence-corrected chi connectivity index (χ1v) is 14.2. The predicted molar refractivity (Wildman–Crippen MR) is 153 cm³/mol. The fourth-order valence-corrected chi connectivity index (χ4v) is 5.37. The molecule has 0 radical (unpaired) electrons. The van der Waals surface area contributed by atoms with Gasteiger partial charge in [0, 0.05) is 67.1 Å². The molecule has 1 saturated heterocycles. The summed E-state index contributed by atoms with van der Waals surface area (Å²) in [7, 11) is 0. The topological polar surface area (TPSA) is 139 Å². The van der Waals surface area contributed by atoms with Crippen molar-refractivity contribution in [3.63, 3.8) is 0 Å². The summed E-state index contributed by atoms with van der Waals surface area (Å²) in [4.78, 5) is 33.7. The minimum Gasteiger partial charge on any atom is -0.481 e. The van der Waals surface area contributed by atoms with Crippen molar-refractivity contribution in [1.82, 2.24) is 10.3 Å². The number of anilines is 1. The third-order valence-corrected chi connectivity index (χ3v) is 7.35. The highest BCUT2D eigenvalue weighted by Crippen LogP contribution is 2.38. The third kappa shape index (κ3) is 10.2. The number of hydrogen-bond donors (Lipinski definition) is 4. The highest BCUT2D eigenvalue weighted by molar-refractivity contribution is 6.31. The van der Waals surface area contributed by atoms with Gasteiger partial charge in [-0.1, -0.05) is 11.6 Å². The van der Waals surface area contributed by atoms with Crippen molar-refractivity contribution in [3.8, 4) is 0 Å². The van der Waals surface area contributed by atoms with E-state index in [1.165, 1.54) is 25.7 Å². The van der Waals surface area contributed by atoms with E-state index in [1.807, 2.05) is 32.2 Å². The first-order chi connectivity index (χ1) is 18.9. The predicted octanol–water partition coefficient (Wildman–Crippen LogP) is 5.78. The van der Waals surface area contributed by atoms with Crippen LogP contribution in [0, 0.1) is 0 Å². The van der Waals surface area contributed by atoms with Crippen molar-refractivity contribution in [3.05, 3.63) is 35.5 Å². The maximum atomic E-state index is 9.00. The molecule has 40 heavy (non-hydrogen) atoms. The number of ether oxygens (including phenoxy) is 1. The maximum Gasteiger partial charge on any atom is 0.300 e. The maximum absolute atomic E-state index is 9.00. The van der Waals surface area contributed by atoms with Gasteiger partial charge in [0.2, 0.25) is 5.79 Å². The molecule has 2 aliphatic carbocycles. The second-order valence-electron chi connectivity index (χ2n) is 11.3. The van der Waals surface area contributed by atoms with Gasteiger partial charge in [-0.3, -0.25) is 14.6 Å². The molecule has 3 fully saturated rings. The molecule has 10 nitrogen and oxygen atoms in total. The minimum atomic E-state index is -0.833. The molecule has 1 spiro atoms. The Morgan fingerprint density at radius 1 is 0.925 bits per heavy atom. The number of benzene rings is 1. The summed E-state index contributed by atoms with van der Waals surface area (Å²) in [6.45, 7) is 6.73. The van der Waals surface area contributed by atoms with Gasteiger partial charge in [-0.2, -0.15) is 0 Å². The molecule has 2 aromatic rings. The number of aromatic nitrogens is 1. The molecule has 0 unspecified atom stereocenters. The molecule has 2 heterocycles. The van der Waals surface area contributed by atoms with Gasteiger partial charge >= 0.3 is 0 Å². The van der Waals surface area contributed by atoms with Crippen LogP contribution in [0.3, 0.4) is 0 Å². The number of rotatable bonds is 4. The Balaban J connectivity index is 0.000000490. The highest BCUT2D eigenvalue weighted by atomic mass is 35.5. The van der Waals surface area contributed by atoms with Crippen LogP contribution in [0.5, 0.6) is 0 Å². The van der Waals surface area contributed by atoms with E-state index < -0.39 is 17.7 Å². The Bertz CT molecular complexity index is 1100. The lowest BCUT2D eigenvalue weighted by atomic mass is 9.86. The van der Waals surface area contributed by atoms with Crippen molar-refractivity contribution in [2.45, 2.75) is 109 Å². The van der Waals surface area contributed by atoms with Crippen LogP contribution in [0.25, 0.3) is 10.9 Å². The summed E-state index contributed by atoms with van der Waals surface area (Å²) < 4.78 is 6.07. The van der Waals surface area contributed by atoms with E-state index in [1.54, 1.807) is 0 Å². The SMILES string of the molecule is CC(=O)O.CC(=O)O.CC1(C)COC2(CCC(NC3CCC(Nc4ccnc5cc(Cl)ccc45)CC3)CC2)OO1. The fraction of sp³-hybridized carbons (Fsp3) is 0.621. The summed E-state index contributed by atoms with van der Waals surface area (Å²) in [5, 5.41) is 24.4. The summed E-state index contributed by atoms with van der Waals surface area (Å²) in [6.07, 6.45) is 10.5. The van der Waals surface area contributed by atoms with Crippen LogP contribution in [0.2, 0.25) is 5.02 Å². The summed E-state index contributed by atoms with van der Waals surface area (Å²) in [5.74, 6) is -2.20. The Morgan fingerprint density at radius 3 is 2.08 bits per heavy atom. The Labute approximate surface area is 240 Å². The van der Waals surface area contributed by atoms with Gasteiger partial charge in [0.05, 0.1) is 12.1 Å². The first kappa shape index (κ1) is 32.0. The molecule has 0 bridgehead atoms. The summed E-state index contributed by atoms with van der Waals surface area (Å²) in [5.41, 5.74) is 1.73. The number of pyridine rings is 1. The van der Waals surface area contributed by atoms with Crippen LogP contribution in [0.4, 0.5) is 5.69 Å². The summed E-state index contributed by atoms with van der Waals surface area (Å²) in [6, 6.07) is 9.60. The Kier molecular flexibility index (Phi) is 11.5. The first-order valence-electron chi connectivity index (χ1n) is 13.8. The quantitative estimate of drug-likeness (QED) is 0.330. The van der Waals surface area contributed by atoms with Gasteiger partial charge in [0.15, 0.2) is 0 Å². The molecule has 1 aliphatic heterocycles. The standard InChI is InChI=1S/C25H34ClN3O3.2C2H4O2/c1-24(2)16-30-25(32-31-24)12-9-20(10-13-25)28-18-4-6-19(7-5-18)29-22-11-14-27-23-15-17(26)3-8-21(22)23;2*1-2(3)4/h3,8,11,14-15,18-20,28H,4-7,9-10,12-13,16H2,1-2H3,(H,27,29);2*1H3,(H,3,4). The zero-order valence-corrected chi connectivity index (χ0v) is 24.5. The Morgan fingerprint density at radius 2 is 1.50 bits per heavy atom. The number of halogens is 1. The second kappa shape index (κ2) is 14.4. The molecule has 3 aliphatic rings. The van der Waals surface area contributed by atoms with Gasteiger partial charge in [-0.25, -0.2) is 9.78 Å². The third-order valence-electron chi connectivity index (χ3n) is 7.11. The monoisotopic (exact) mass is 579 g/mol. The largest absolute Gasteiger partial charge is 0.481 e. The van der Waals surface area contributed by atoms with Crippen LogP contribution < -0.4 is 10.6 Å². The lowest BCUT2D eigenvalue weighted by Gasteiger charge is -2.45. The highest BCUT2D eigenvalue weighted by Gasteiger charge is 2.45. The minimum absolute atomic E-state index is 0.359. The van der Waals surface area contributed by atoms with E-state index in [2.05, 4.69) is 27.8 Å². The van der Waals surface area contributed by atoms with E-state index in [0.29, 0.717) is 24.7 Å². The van der Waals surface area contributed by atoms with Crippen LogP contribution >= 0.6 is 11.6 Å². The molecule has 0 atom stereocenters. The van der Waals surface area contributed by atoms with Crippen LogP contribution in [0.1, 0.15) is 79.1 Å². The normalized spacial score (nSPS) is 27.5. The van der Waals surface area contributed by atoms with Gasteiger partial charge in [-0.05, 0) is 76.6 Å². The molecule has 5 rings (SSSR count). The molecule has 222 valence electrons. The number of carbonyl (C=O) groups is 2. The number of hydrogen-bond acceptors (Lipinski definition) is 8. The number of nitrogens with one attached hydrogen (secondary N) is 2. The summed E-state index contributed by atoms with van der Waals surface area (Å²) >= 11 is 6.13.